The van der Waals surface area contributed by atoms with Crippen molar-refractivity contribution in [3.8, 4) is 10.6 Å². The number of rotatable bonds is 4. The number of carbonyl (C=O) groups excluding carboxylic acids is 1. The lowest BCUT2D eigenvalue weighted by Crippen LogP contribution is -2.29. The van der Waals surface area contributed by atoms with Crippen LogP contribution in [-0.2, 0) is 0 Å². The van der Waals surface area contributed by atoms with Crippen molar-refractivity contribution >= 4 is 28.8 Å². The molecule has 2 rings (SSSR count). The molecule has 1 aromatic carbocycles. The minimum Gasteiger partial charge on any atom is -0.395 e. The van der Waals surface area contributed by atoms with E-state index in [2.05, 4.69) is 4.98 Å². The Morgan fingerprint density at radius 2 is 2.11 bits per heavy atom. The molecule has 0 saturated carbocycles. The van der Waals surface area contributed by atoms with Gasteiger partial charge in [-0.25, -0.2) is 4.98 Å². The van der Waals surface area contributed by atoms with Gasteiger partial charge in [0.05, 0.1) is 6.61 Å². The molecule has 0 spiro atoms. The summed E-state index contributed by atoms with van der Waals surface area (Å²) in [6.07, 6.45) is 0. The minimum absolute atomic E-state index is 0.0591. The van der Waals surface area contributed by atoms with Gasteiger partial charge in [-0.15, -0.1) is 11.3 Å². The topological polar surface area (TPSA) is 53.4 Å². The third kappa shape index (κ3) is 3.32. The average Bonchev–Trinajstić information content (AvgIpc) is 2.88. The number of aliphatic hydroxyl groups is 1. The fourth-order valence-corrected chi connectivity index (χ4v) is 2.47. The number of hydrogen-bond acceptors (Lipinski definition) is 4. The molecule has 0 aliphatic heterocycles. The number of halogens is 1. The summed E-state index contributed by atoms with van der Waals surface area (Å²) >= 11 is 7.24. The summed E-state index contributed by atoms with van der Waals surface area (Å²) in [6.45, 7) is 0.239. The summed E-state index contributed by atoms with van der Waals surface area (Å²) < 4.78 is 0. The molecule has 0 radical (unpaired) electrons. The number of aliphatic hydroxyl groups excluding tert-OH is 1. The first-order chi connectivity index (χ1) is 9.11. The van der Waals surface area contributed by atoms with E-state index in [1.165, 1.54) is 16.2 Å². The highest BCUT2D eigenvalue weighted by atomic mass is 35.5. The molecule has 1 heterocycles. The molecule has 0 fully saturated rings. The molecule has 0 saturated heterocycles. The van der Waals surface area contributed by atoms with Gasteiger partial charge in [0.1, 0.15) is 10.7 Å². The van der Waals surface area contributed by atoms with E-state index in [-0.39, 0.29) is 12.5 Å². The Morgan fingerprint density at radius 1 is 1.42 bits per heavy atom. The summed E-state index contributed by atoms with van der Waals surface area (Å²) in [5.41, 5.74) is 1.32. The van der Waals surface area contributed by atoms with Crippen LogP contribution < -0.4 is 0 Å². The van der Waals surface area contributed by atoms with Crippen molar-refractivity contribution in [2.75, 3.05) is 20.2 Å². The smallest absolute Gasteiger partial charge is 0.273 e. The van der Waals surface area contributed by atoms with Crippen molar-refractivity contribution in [3.05, 3.63) is 40.4 Å². The van der Waals surface area contributed by atoms with E-state index in [0.717, 1.165) is 10.6 Å². The van der Waals surface area contributed by atoms with Gasteiger partial charge in [0.2, 0.25) is 0 Å². The van der Waals surface area contributed by atoms with Crippen molar-refractivity contribution in [1.29, 1.82) is 0 Å². The third-order valence-electron chi connectivity index (χ3n) is 2.60. The molecule has 1 amide bonds. The predicted octanol–water partition coefficient (Wildman–Crippen LogP) is 2.53. The zero-order valence-corrected chi connectivity index (χ0v) is 11.9. The maximum absolute atomic E-state index is 12.0. The summed E-state index contributed by atoms with van der Waals surface area (Å²) in [4.78, 5) is 17.7. The molecule has 1 N–H and O–H groups in total. The fraction of sp³-hybridized carbons (Fsp3) is 0.231. The lowest BCUT2D eigenvalue weighted by Gasteiger charge is -2.13. The number of aromatic nitrogens is 1. The number of benzene rings is 1. The van der Waals surface area contributed by atoms with Gasteiger partial charge in [-0.2, -0.15) is 0 Å². The Hall–Kier alpha value is -1.43. The van der Waals surface area contributed by atoms with E-state index in [4.69, 9.17) is 16.7 Å². The van der Waals surface area contributed by atoms with Crippen LogP contribution >= 0.6 is 22.9 Å². The van der Waals surface area contributed by atoms with Gasteiger partial charge in [-0.1, -0.05) is 23.7 Å². The standard InChI is InChI=1S/C13H13ClN2O2S/c1-16(6-7-17)13(18)11-8-19-12(15-11)9-2-4-10(14)5-3-9/h2-5,8,17H,6-7H2,1H3. The Labute approximate surface area is 120 Å². The third-order valence-corrected chi connectivity index (χ3v) is 3.74. The van der Waals surface area contributed by atoms with Crippen LogP contribution in [0, 0.1) is 0 Å². The molecule has 100 valence electrons. The molecule has 1 aromatic heterocycles. The van der Waals surface area contributed by atoms with Crippen LogP contribution in [0.25, 0.3) is 10.6 Å². The van der Waals surface area contributed by atoms with Crippen molar-refractivity contribution in [2.24, 2.45) is 0 Å². The molecular formula is C13H13ClN2O2S. The van der Waals surface area contributed by atoms with Crippen LogP contribution in [0.1, 0.15) is 10.5 Å². The average molecular weight is 297 g/mol. The normalized spacial score (nSPS) is 10.5. The fourth-order valence-electron chi connectivity index (χ4n) is 1.54. The van der Waals surface area contributed by atoms with Gasteiger partial charge in [0.25, 0.3) is 5.91 Å². The van der Waals surface area contributed by atoms with Gasteiger partial charge in [-0.3, -0.25) is 4.79 Å². The minimum atomic E-state index is -0.189. The summed E-state index contributed by atoms with van der Waals surface area (Å²) in [6, 6.07) is 7.31. The molecule has 0 aliphatic rings. The first kappa shape index (κ1) is 14.0. The van der Waals surface area contributed by atoms with Crippen LogP contribution in [0.3, 0.4) is 0 Å². The predicted molar refractivity (Wildman–Crippen MR) is 76.6 cm³/mol. The second-order valence-corrected chi connectivity index (χ2v) is 5.29. The molecule has 2 aromatic rings. The zero-order chi connectivity index (χ0) is 13.8. The van der Waals surface area contributed by atoms with Crippen LogP contribution in [0.2, 0.25) is 5.02 Å². The first-order valence-electron chi connectivity index (χ1n) is 5.69. The Kier molecular flexibility index (Phi) is 4.52. The molecule has 0 bridgehead atoms. The zero-order valence-electron chi connectivity index (χ0n) is 10.3. The summed E-state index contributed by atoms with van der Waals surface area (Å²) in [7, 11) is 1.64. The van der Waals surface area contributed by atoms with Crippen LogP contribution in [0.5, 0.6) is 0 Å². The summed E-state index contributed by atoms with van der Waals surface area (Å²) in [5, 5.41) is 12.0. The van der Waals surface area contributed by atoms with E-state index in [1.807, 2.05) is 12.1 Å². The van der Waals surface area contributed by atoms with E-state index in [0.29, 0.717) is 17.3 Å². The molecular weight excluding hydrogens is 284 g/mol. The maximum atomic E-state index is 12.0. The van der Waals surface area contributed by atoms with Gasteiger partial charge >= 0.3 is 0 Å². The number of amides is 1. The van der Waals surface area contributed by atoms with E-state index >= 15 is 0 Å². The molecule has 6 heteroatoms. The van der Waals surface area contributed by atoms with Gasteiger partial charge in [0, 0.05) is 29.6 Å². The Morgan fingerprint density at radius 3 is 2.74 bits per heavy atom. The highest BCUT2D eigenvalue weighted by molar-refractivity contribution is 7.13. The van der Waals surface area contributed by atoms with Gasteiger partial charge < -0.3 is 10.0 Å². The monoisotopic (exact) mass is 296 g/mol. The highest BCUT2D eigenvalue weighted by Crippen LogP contribution is 2.25. The lowest BCUT2D eigenvalue weighted by molar-refractivity contribution is 0.0762. The largest absolute Gasteiger partial charge is 0.395 e. The number of thiazole rings is 1. The number of nitrogens with zero attached hydrogens (tertiary/aromatic N) is 2. The number of hydrogen-bond donors (Lipinski definition) is 1. The maximum Gasteiger partial charge on any atom is 0.273 e. The van der Waals surface area contributed by atoms with Crippen LogP contribution in [0.4, 0.5) is 0 Å². The van der Waals surface area contributed by atoms with Crippen molar-refractivity contribution in [2.45, 2.75) is 0 Å². The van der Waals surface area contributed by atoms with Crippen molar-refractivity contribution in [3.63, 3.8) is 0 Å². The Bertz CT molecular complexity index is 568. The molecule has 0 unspecified atom stereocenters. The van der Waals surface area contributed by atoms with Crippen LogP contribution in [-0.4, -0.2) is 41.1 Å². The van der Waals surface area contributed by atoms with E-state index < -0.39 is 0 Å². The van der Waals surface area contributed by atoms with Crippen molar-refractivity contribution < 1.29 is 9.90 Å². The van der Waals surface area contributed by atoms with Gasteiger partial charge in [-0.05, 0) is 12.1 Å². The second kappa shape index (κ2) is 6.14. The number of likely N-dealkylation sites (N-methyl/N-ethyl adjacent to an activating group) is 1. The molecule has 4 nitrogen and oxygen atoms in total. The molecule has 19 heavy (non-hydrogen) atoms. The SMILES string of the molecule is CN(CCO)C(=O)c1csc(-c2ccc(Cl)cc2)n1. The quantitative estimate of drug-likeness (QED) is 0.943. The highest BCUT2D eigenvalue weighted by Gasteiger charge is 2.15. The summed E-state index contributed by atoms with van der Waals surface area (Å²) in [5.74, 6) is -0.189. The second-order valence-electron chi connectivity index (χ2n) is 4.00. The van der Waals surface area contributed by atoms with Gasteiger partial charge in [0.15, 0.2) is 0 Å². The lowest BCUT2D eigenvalue weighted by atomic mass is 10.2. The van der Waals surface area contributed by atoms with Crippen molar-refractivity contribution in [1.82, 2.24) is 9.88 Å². The number of carbonyl (C=O) groups is 1. The van der Waals surface area contributed by atoms with E-state index in [1.54, 1.807) is 24.6 Å². The molecule has 0 atom stereocenters. The Balaban J connectivity index is 2.19. The molecule has 0 aliphatic carbocycles. The first-order valence-corrected chi connectivity index (χ1v) is 6.95. The van der Waals surface area contributed by atoms with E-state index in [9.17, 15) is 4.79 Å². The van der Waals surface area contributed by atoms with Crippen LogP contribution in [0.15, 0.2) is 29.6 Å².